The van der Waals surface area contributed by atoms with Crippen molar-refractivity contribution < 1.29 is 9.11 Å². The van der Waals surface area contributed by atoms with Crippen molar-refractivity contribution in [2.45, 2.75) is 26.4 Å². The van der Waals surface area contributed by atoms with Gasteiger partial charge in [-0.25, -0.2) is 9.98 Å². The van der Waals surface area contributed by atoms with Gasteiger partial charge in [-0.05, 0) is 17.3 Å². The summed E-state index contributed by atoms with van der Waals surface area (Å²) < 4.78 is 7.25. The fourth-order valence-corrected chi connectivity index (χ4v) is 2.59. The molecule has 0 aliphatic carbocycles. The average Bonchev–Trinajstić information content (AvgIpc) is 3.08. The molecule has 4 heterocycles. The van der Waals surface area contributed by atoms with E-state index < -0.39 is 5.66 Å². The van der Waals surface area contributed by atoms with E-state index in [0.717, 1.165) is 17.0 Å². The third kappa shape index (κ3) is 2.40. The minimum absolute atomic E-state index is 0.0507. The summed E-state index contributed by atoms with van der Waals surface area (Å²) in [6, 6.07) is 1.85. The standard InChI is InChI=1S/C17H18N5O/c1-16(2)6-4-13-14(18-10-16)9-22(21-13)17(3)11-19-15-12(8-20-17)5-7-23-15/h4-8,10-11H,9H2,1-3H3/q+1. The number of fused-ring (bicyclic) bond motifs is 1. The van der Waals surface area contributed by atoms with Gasteiger partial charge in [0, 0.05) is 24.8 Å². The summed E-state index contributed by atoms with van der Waals surface area (Å²) >= 11 is 0. The molecule has 1 unspecified atom stereocenters. The Hall–Kier alpha value is -2.63. The molecule has 0 fully saturated rings. The van der Waals surface area contributed by atoms with Crippen molar-refractivity contribution in [2.75, 3.05) is 6.54 Å². The SMILES string of the molecule is CC1(C)C=CC2=C(C[N+](C3(C)C=Nc4occc4C=N3)=N2)N=C1. The van der Waals surface area contributed by atoms with E-state index >= 15 is 0 Å². The lowest BCUT2D eigenvalue weighted by molar-refractivity contribution is -0.628. The first kappa shape index (κ1) is 14.0. The zero-order valence-corrected chi connectivity index (χ0v) is 13.4. The van der Waals surface area contributed by atoms with Gasteiger partial charge in [0.2, 0.25) is 12.4 Å². The number of rotatable bonds is 1. The minimum Gasteiger partial charge on any atom is -0.446 e. The maximum Gasteiger partial charge on any atom is 0.313 e. The lowest BCUT2D eigenvalue weighted by atomic mass is 9.95. The Bertz CT molecular complexity index is 820. The second-order valence-electron chi connectivity index (χ2n) is 6.69. The number of allylic oxidation sites excluding steroid dienone is 2. The Labute approximate surface area is 134 Å². The predicted octanol–water partition coefficient (Wildman–Crippen LogP) is 3.49. The van der Waals surface area contributed by atoms with Gasteiger partial charge in [0.1, 0.15) is 11.9 Å². The van der Waals surface area contributed by atoms with Gasteiger partial charge in [-0.2, -0.15) is 0 Å². The number of furan rings is 1. The molecule has 1 aromatic rings. The summed E-state index contributed by atoms with van der Waals surface area (Å²) in [5, 5.41) is 4.70. The molecule has 0 saturated heterocycles. The van der Waals surface area contributed by atoms with Gasteiger partial charge in [0.05, 0.1) is 11.8 Å². The predicted molar refractivity (Wildman–Crippen MR) is 88.9 cm³/mol. The van der Waals surface area contributed by atoms with Gasteiger partial charge in [-0.3, -0.25) is 4.99 Å². The van der Waals surface area contributed by atoms with E-state index in [9.17, 15) is 0 Å². The topological polar surface area (TPSA) is 65.6 Å². The summed E-state index contributed by atoms with van der Waals surface area (Å²) in [5.41, 5.74) is 2.01. The average molecular weight is 308 g/mol. The Balaban J connectivity index is 1.67. The third-order valence-electron chi connectivity index (χ3n) is 4.14. The number of hydrogen-bond acceptors (Lipinski definition) is 5. The van der Waals surface area contributed by atoms with E-state index in [-0.39, 0.29) is 5.41 Å². The van der Waals surface area contributed by atoms with Crippen LogP contribution in [0.1, 0.15) is 26.3 Å². The van der Waals surface area contributed by atoms with Crippen LogP contribution in [-0.2, 0) is 0 Å². The highest BCUT2D eigenvalue weighted by atomic mass is 16.3. The monoisotopic (exact) mass is 308 g/mol. The Kier molecular flexibility index (Phi) is 2.85. The Morgan fingerprint density at radius 2 is 2.04 bits per heavy atom. The van der Waals surface area contributed by atoms with Gasteiger partial charge in [0.15, 0.2) is 5.70 Å². The molecule has 0 bridgehead atoms. The Morgan fingerprint density at radius 3 is 2.91 bits per heavy atom. The van der Waals surface area contributed by atoms with E-state index in [0.29, 0.717) is 12.4 Å². The smallest absolute Gasteiger partial charge is 0.313 e. The molecule has 0 saturated carbocycles. The van der Waals surface area contributed by atoms with Gasteiger partial charge in [-0.15, -0.1) is 0 Å². The van der Waals surface area contributed by atoms with Crippen molar-refractivity contribution in [1.29, 1.82) is 0 Å². The molecule has 0 aromatic carbocycles. The highest BCUT2D eigenvalue weighted by Gasteiger charge is 2.41. The molecule has 116 valence electrons. The van der Waals surface area contributed by atoms with Crippen molar-refractivity contribution >= 4 is 24.5 Å². The molecule has 6 nitrogen and oxygen atoms in total. The quantitative estimate of drug-likeness (QED) is 0.732. The van der Waals surface area contributed by atoms with Crippen LogP contribution in [0.15, 0.2) is 60.4 Å². The second-order valence-corrected chi connectivity index (χ2v) is 6.69. The van der Waals surface area contributed by atoms with E-state index in [1.807, 2.05) is 30.0 Å². The van der Waals surface area contributed by atoms with Crippen LogP contribution in [0.5, 0.6) is 0 Å². The summed E-state index contributed by atoms with van der Waals surface area (Å²) in [6.45, 7) is 6.83. The Morgan fingerprint density at radius 1 is 1.17 bits per heavy atom. The van der Waals surface area contributed by atoms with Crippen LogP contribution in [0.25, 0.3) is 0 Å². The van der Waals surface area contributed by atoms with E-state index in [4.69, 9.17) is 9.53 Å². The molecule has 23 heavy (non-hydrogen) atoms. The molecule has 0 radical (unpaired) electrons. The lowest BCUT2D eigenvalue weighted by Crippen LogP contribution is -2.38. The molecule has 6 heteroatoms. The number of hydrogen-bond donors (Lipinski definition) is 0. The molecular weight excluding hydrogens is 290 g/mol. The zero-order valence-electron chi connectivity index (χ0n) is 13.4. The highest BCUT2D eigenvalue weighted by Crippen LogP contribution is 2.30. The fourth-order valence-electron chi connectivity index (χ4n) is 2.59. The second kappa shape index (κ2) is 4.68. The first-order valence-corrected chi connectivity index (χ1v) is 7.60. The van der Waals surface area contributed by atoms with Crippen molar-refractivity contribution in [3.8, 4) is 0 Å². The summed E-state index contributed by atoms with van der Waals surface area (Å²) in [5.74, 6) is 0.575. The van der Waals surface area contributed by atoms with Crippen LogP contribution in [0.4, 0.5) is 5.88 Å². The van der Waals surface area contributed by atoms with Crippen LogP contribution < -0.4 is 0 Å². The highest BCUT2D eigenvalue weighted by molar-refractivity contribution is 5.90. The van der Waals surface area contributed by atoms with E-state index in [1.54, 1.807) is 18.7 Å². The van der Waals surface area contributed by atoms with Crippen molar-refractivity contribution in [3.63, 3.8) is 0 Å². The van der Waals surface area contributed by atoms with Crippen LogP contribution >= 0.6 is 0 Å². The normalized spacial score (nSPS) is 27.5. The van der Waals surface area contributed by atoms with Crippen LogP contribution in [0, 0.1) is 5.41 Å². The molecule has 3 aliphatic rings. The largest absolute Gasteiger partial charge is 0.446 e. The first-order chi connectivity index (χ1) is 11.0. The van der Waals surface area contributed by atoms with Crippen LogP contribution in [-0.4, -0.2) is 35.5 Å². The van der Waals surface area contributed by atoms with Crippen LogP contribution in [0.2, 0.25) is 0 Å². The number of aliphatic imine (C=N–C) groups is 3. The number of azo groups is 2. The minimum atomic E-state index is -0.660. The van der Waals surface area contributed by atoms with Crippen molar-refractivity contribution in [2.24, 2.45) is 25.5 Å². The molecule has 1 atom stereocenters. The molecule has 0 amide bonds. The fraction of sp³-hybridized carbons (Fsp3) is 0.353. The van der Waals surface area contributed by atoms with Gasteiger partial charge in [0.25, 0.3) is 0 Å². The van der Waals surface area contributed by atoms with Crippen molar-refractivity contribution in [3.05, 3.63) is 41.4 Å². The van der Waals surface area contributed by atoms with Gasteiger partial charge >= 0.3 is 5.66 Å². The lowest BCUT2D eigenvalue weighted by Gasteiger charge is -2.13. The van der Waals surface area contributed by atoms with E-state index in [2.05, 4.69) is 34.9 Å². The summed E-state index contributed by atoms with van der Waals surface area (Å²) in [6.07, 6.45) is 11.3. The first-order valence-electron chi connectivity index (χ1n) is 7.60. The zero-order chi connectivity index (χ0) is 16.1. The molecule has 3 aliphatic heterocycles. The van der Waals surface area contributed by atoms with E-state index in [1.165, 1.54) is 0 Å². The van der Waals surface area contributed by atoms with Crippen molar-refractivity contribution in [1.82, 2.24) is 0 Å². The summed E-state index contributed by atoms with van der Waals surface area (Å²) in [7, 11) is 0. The van der Waals surface area contributed by atoms with Gasteiger partial charge in [-0.1, -0.05) is 24.6 Å². The van der Waals surface area contributed by atoms with Crippen LogP contribution in [0.3, 0.4) is 0 Å². The molecule has 1 aromatic heterocycles. The molecule has 0 N–H and O–H groups in total. The molecule has 4 rings (SSSR count). The summed E-state index contributed by atoms with van der Waals surface area (Å²) in [4.78, 5) is 13.7. The van der Waals surface area contributed by atoms with Gasteiger partial charge < -0.3 is 4.42 Å². The number of nitrogens with zero attached hydrogens (tertiary/aromatic N) is 5. The maximum atomic E-state index is 5.34. The maximum absolute atomic E-state index is 5.34. The molecular formula is C17H18N5O+. The third-order valence-corrected chi connectivity index (χ3v) is 4.14. The molecule has 0 spiro atoms.